The number of amides is 1. The molecule has 2 aliphatic rings. The summed E-state index contributed by atoms with van der Waals surface area (Å²) in [7, 11) is 1.63. The predicted molar refractivity (Wildman–Crippen MR) is 172 cm³/mol. The van der Waals surface area contributed by atoms with E-state index in [4.69, 9.17) is 16.3 Å². The fourth-order valence-corrected chi connectivity index (χ4v) is 6.23. The highest BCUT2D eigenvalue weighted by molar-refractivity contribution is 6.34. The fraction of sp³-hybridized carbons (Fsp3) is 0.375. The lowest BCUT2D eigenvalue weighted by atomic mass is 10.1. The van der Waals surface area contributed by atoms with Gasteiger partial charge in [-0.1, -0.05) is 11.6 Å². The van der Waals surface area contributed by atoms with Gasteiger partial charge in [-0.3, -0.25) is 24.2 Å². The van der Waals surface area contributed by atoms with E-state index in [-0.39, 0.29) is 34.9 Å². The van der Waals surface area contributed by atoms with Crippen LogP contribution in [-0.4, -0.2) is 112 Å². The molecule has 12 nitrogen and oxygen atoms in total. The van der Waals surface area contributed by atoms with Crippen LogP contribution in [0, 0.1) is 17.6 Å². The number of benzene rings is 2. The molecule has 0 spiro atoms. The molecule has 2 aliphatic heterocycles. The number of piperazine rings is 1. The Balaban J connectivity index is 1.09. The summed E-state index contributed by atoms with van der Waals surface area (Å²) in [5.74, 6) is -3.16. The third-order valence-electron chi connectivity index (χ3n) is 8.60. The number of nitrogens with one attached hydrogen (secondary N) is 2. The van der Waals surface area contributed by atoms with Gasteiger partial charge in [0.25, 0.3) is 5.91 Å². The number of carboxylic acids is 1. The molecule has 1 atom stereocenters. The molecule has 0 bridgehead atoms. The van der Waals surface area contributed by atoms with Gasteiger partial charge in [0.15, 0.2) is 23.0 Å². The van der Waals surface area contributed by atoms with E-state index < -0.39 is 17.6 Å². The second kappa shape index (κ2) is 14.2. The number of fused-ring (bicyclic) bond motifs is 1. The maximum atomic E-state index is 15.0. The van der Waals surface area contributed by atoms with Crippen molar-refractivity contribution in [1.29, 1.82) is 0 Å². The molecule has 1 unspecified atom stereocenters. The normalized spacial score (nSPS) is 17.4. The predicted octanol–water partition coefficient (Wildman–Crippen LogP) is 3.79. The number of ether oxygens (including phenoxy) is 1. The van der Waals surface area contributed by atoms with Gasteiger partial charge in [-0.25, -0.2) is 14.4 Å². The molecule has 6 rings (SSSR count). The van der Waals surface area contributed by atoms with Gasteiger partial charge in [-0.05, 0) is 50.3 Å². The van der Waals surface area contributed by atoms with Crippen molar-refractivity contribution in [3.8, 4) is 17.0 Å². The number of nitrogens with zero attached hydrogens (tertiary/aromatic N) is 6. The van der Waals surface area contributed by atoms with Gasteiger partial charge in [0.1, 0.15) is 6.73 Å². The van der Waals surface area contributed by atoms with E-state index in [1.807, 2.05) is 0 Å². The van der Waals surface area contributed by atoms with Crippen LogP contribution in [0.15, 0.2) is 48.9 Å². The topological polar surface area (TPSA) is 128 Å². The Bertz CT molecular complexity index is 1780. The summed E-state index contributed by atoms with van der Waals surface area (Å²) in [4.78, 5) is 39.6. The van der Waals surface area contributed by atoms with Crippen molar-refractivity contribution in [3.63, 3.8) is 0 Å². The molecule has 2 aromatic heterocycles. The van der Waals surface area contributed by atoms with Crippen molar-refractivity contribution in [2.24, 2.45) is 5.92 Å². The first-order valence-electron chi connectivity index (χ1n) is 15.3. The van der Waals surface area contributed by atoms with Crippen molar-refractivity contribution in [2.75, 3.05) is 71.5 Å². The first-order chi connectivity index (χ1) is 22.7. The summed E-state index contributed by atoms with van der Waals surface area (Å²) >= 11 is 6.60. The Labute approximate surface area is 274 Å². The van der Waals surface area contributed by atoms with E-state index in [1.165, 1.54) is 24.5 Å². The highest BCUT2D eigenvalue weighted by Crippen LogP contribution is 2.32. The number of carboxylic acid groups (broad SMARTS) is 1. The molecule has 15 heteroatoms. The van der Waals surface area contributed by atoms with Crippen LogP contribution in [0.2, 0.25) is 5.02 Å². The standard InChI is InChI=1S/C32H35ClF2N8O4/c1-36-19-47-26-5-4-23(27(34)28(26)35)25-17-38-30-29(37-7-9-43(25)30)39-21-2-3-22(24(33)16-21)31(44)42-14-12-40(13-15-42)10-11-41-8-6-20(18-41)32(45)46/h2-5,7,9,16-17,20,36H,6,8,10-15,18-19H2,1H3,(H,37,39)(H,45,46). The second-order valence-electron chi connectivity index (χ2n) is 11.6. The summed E-state index contributed by atoms with van der Waals surface area (Å²) in [6, 6.07) is 7.83. The molecular weight excluding hydrogens is 634 g/mol. The van der Waals surface area contributed by atoms with E-state index in [1.54, 1.807) is 40.7 Å². The van der Waals surface area contributed by atoms with Crippen LogP contribution < -0.4 is 15.4 Å². The van der Waals surface area contributed by atoms with Crippen LogP contribution in [0.3, 0.4) is 0 Å². The lowest BCUT2D eigenvalue weighted by Gasteiger charge is -2.35. The Morgan fingerprint density at radius 3 is 2.55 bits per heavy atom. The van der Waals surface area contributed by atoms with Gasteiger partial charge in [0.2, 0.25) is 5.82 Å². The number of carbonyl (C=O) groups is 2. The first-order valence-corrected chi connectivity index (χ1v) is 15.7. The summed E-state index contributed by atoms with van der Waals surface area (Å²) in [6.45, 7) is 5.66. The van der Waals surface area contributed by atoms with Crippen LogP contribution in [0.25, 0.3) is 16.9 Å². The number of carbonyl (C=O) groups excluding carboxylic acids is 1. The average Bonchev–Trinajstić information content (AvgIpc) is 3.73. The molecule has 248 valence electrons. The van der Waals surface area contributed by atoms with Gasteiger partial charge in [0, 0.05) is 69.5 Å². The minimum Gasteiger partial charge on any atom is -0.481 e. The summed E-state index contributed by atoms with van der Waals surface area (Å²) in [5.41, 5.74) is 1.66. The van der Waals surface area contributed by atoms with E-state index in [9.17, 15) is 19.1 Å². The first kappa shape index (κ1) is 32.6. The molecule has 3 N–H and O–H groups in total. The Morgan fingerprint density at radius 2 is 1.83 bits per heavy atom. The quantitative estimate of drug-likeness (QED) is 0.203. The van der Waals surface area contributed by atoms with Crippen LogP contribution in [0.5, 0.6) is 5.75 Å². The van der Waals surface area contributed by atoms with Crippen LogP contribution in [0.4, 0.5) is 20.3 Å². The average molecular weight is 669 g/mol. The zero-order valence-electron chi connectivity index (χ0n) is 25.8. The Kier molecular flexibility index (Phi) is 9.82. The number of anilines is 2. The molecule has 0 aliphatic carbocycles. The van der Waals surface area contributed by atoms with Gasteiger partial charge >= 0.3 is 5.97 Å². The molecule has 1 amide bonds. The summed E-state index contributed by atoms with van der Waals surface area (Å²) in [5, 5.41) is 15.4. The largest absolute Gasteiger partial charge is 0.481 e. The Hall–Kier alpha value is -4.37. The third kappa shape index (κ3) is 7.00. The van der Waals surface area contributed by atoms with Crippen molar-refractivity contribution >= 4 is 40.6 Å². The van der Waals surface area contributed by atoms with E-state index >= 15 is 4.39 Å². The monoisotopic (exact) mass is 668 g/mol. The third-order valence-corrected chi connectivity index (χ3v) is 8.91. The van der Waals surface area contributed by atoms with Crippen molar-refractivity contribution in [3.05, 3.63) is 71.1 Å². The number of aliphatic carboxylic acids is 1. The number of halogens is 3. The number of rotatable bonds is 11. The second-order valence-corrected chi connectivity index (χ2v) is 12.0. The fourth-order valence-electron chi connectivity index (χ4n) is 5.97. The van der Waals surface area contributed by atoms with Gasteiger partial charge < -0.3 is 25.0 Å². The highest BCUT2D eigenvalue weighted by atomic mass is 35.5. The highest BCUT2D eigenvalue weighted by Gasteiger charge is 2.29. The van der Waals surface area contributed by atoms with E-state index in [2.05, 4.69) is 30.4 Å². The molecule has 4 aromatic rings. The summed E-state index contributed by atoms with van der Waals surface area (Å²) < 4.78 is 36.5. The SMILES string of the molecule is CNCOc1ccc(-c2cnc3c(Nc4ccc(C(=O)N5CCN(CCN6CCC(C(=O)O)C6)CC5)c(Cl)c4)nccn23)c(F)c1F. The van der Waals surface area contributed by atoms with E-state index in [0.717, 1.165) is 32.7 Å². The summed E-state index contributed by atoms with van der Waals surface area (Å²) in [6.07, 6.45) is 5.23. The van der Waals surface area contributed by atoms with Crippen molar-refractivity contribution < 1.29 is 28.2 Å². The van der Waals surface area contributed by atoms with Gasteiger partial charge in [-0.15, -0.1) is 0 Å². The molecule has 47 heavy (non-hydrogen) atoms. The van der Waals surface area contributed by atoms with Gasteiger partial charge in [-0.2, -0.15) is 4.39 Å². The number of aromatic nitrogens is 3. The molecule has 2 fully saturated rings. The maximum absolute atomic E-state index is 15.0. The molecule has 0 saturated carbocycles. The number of imidazole rings is 1. The molecular formula is C32H35ClF2N8O4. The molecule has 2 aromatic carbocycles. The number of hydrogen-bond acceptors (Lipinski definition) is 9. The smallest absolute Gasteiger partial charge is 0.307 e. The zero-order valence-corrected chi connectivity index (χ0v) is 26.5. The van der Waals surface area contributed by atoms with Gasteiger partial charge in [0.05, 0.1) is 28.4 Å². The van der Waals surface area contributed by atoms with Crippen molar-refractivity contribution in [1.82, 2.24) is 34.4 Å². The molecule has 2 saturated heterocycles. The molecule has 0 radical (unpaired) electrons. The van der Waals surface area contributed by atoms with Crippen LogP contribution >= 0.6 is 11.6 Å². The molecule has 4 heterocycles. The minimum atomic E-state index is -1.10. The number of likely N-dealkylation sites (tertiary alicyclic amines) is 1. The van der Waals surface area contributed by atoms with Crippen LogP contribution in [0.1, 0.15) is 16.8 Å². The lowest BCUT2D eigenvalue weighted by Crippen LogP contribution is -2.50. The zero-order chi connectivity index (χ0) is 33.1. The van der Waals surface area contributed by atoms with Crippen molar-refractivity contribution in [2.45, 2.75) is 6.42 Å². The Morgan fingerprint density at radius 1 is 1.04 bits per heavy atom. The van der Waals surface area contributed by atoms with Crippen LogP contribution in [-0.2, 0) is 4.79 Å². The minimum absolute atomic E-state index is 0.0103. The van der Waals surface area contributed by atoms with E-state index in [0.29, 0.717) is 54.5 Å². The maximum Gasteiger partial charge on any atom is 0.307 e. The number of hydrogen-bond donors (Lipinski definition) is 3. The lowest BCUT2D eigenvalue weighted by molar-refractivity contribution is -0.141.